The molecule has 0 heterocycles. The van der Waals surface area contributed by atoms with Gasteiger partial charge in [0.2, 0.25) is 0 Å². The summed E-state index contributed by atoms with van der Waals surface area (Å²) in [7, 11) is 0. The van der Waals surface area contributed by atoms with Crippen molar-refractivity contribution in [2.75, 3.05) is 0 Å². The van der Waals surface area contributed by atoms with Gasteiger partial charge in [0.15, 0.2) is 0 Å². The average Bonchev–Trinajstić information content (AvgIpc) is 2.51. The first-order valence-corrected chi connectivity index (χ1v) is 4.94. The number of hydrogen-bond acceptors (Lipinski definition) is 1. The zero-order chi connectivity index (χ0) is 9.40. The summed E-state index contributed by atoms with van der Waals surface area (Å²) in [5.41, 5.74) is 3.07. The Hall–Kier alpha value is 0.444. The molecule has 0 fully saturated rings. The molecule has 0 unspecified atom stereocenters. The average molecular weight is 274 g/mol. The zero-order valence-electron chi connectivity index (χ0n) is 8.59. The van der Waals surface area contributed by atoms with Crippen LogP contribution in [0.25, 0.3) is 0 Å². The van der Waals surface area contributed by atoms with Gasteiger partial charge in [0.25, 0.3) is 0 Å². The Morgan fingerprint density at radius 2 is 1.93 bits per heavy atom. The summed E-state index contributed by atoms with van der Waals surface area (Å²) >= 11 is 1.06. The van der Waals surface area contributed by atoms with Gasteiger partial charge in [-0.3, -0.25) is 0 Å². The summed E-state index contributed by atoms with van der Waals surface area (Å²) in [4.78, 5) is 0. The van der Waals surface area contributed by atoms with Gasteiger partial charge < -0.3 is 24.8 Å². The molecular weight excluding hydrogens is 258 g/mol. The van der Waals surface area contributed by atoms with Crippen molar-refractivity contribution in [1.82, 2.24) is 0 Å². The van der Waals surface area contributed by atoms with Crippen LogP contribution in [0.1, 0.15) is 39.5 Å². The maximum absolute atomic E-state index is 8.19. The van der Waals surface area contributed by atoms with Crippen molar-refractivity contribution in [1.29, 1.82) is 0 Å². The number of halogens is 2. The molecule has 4 heteroatoms. The normalized spacial score (nSPS) is 12.4. The number of allylic oxidation sites excluding steroid dienone is 4. The monoisotopic (exact) mass is 273 g/mol. The first kappa shape index (κ1) is 19.9. The molecule has 0 spiro atoms. The molecule has 1 aliphatic rings. The van der Waals surface area contributed by atoms with Crippen LogP contribution in [0, 0.1) is 0 Å². The summed E-state index contributed by atoms with van der Waals surface area (Å²) in [5.74, 6) is 0. The molecule has 0 aromatic rings. The SMILES string of the molecule is CCCCC1=CC(C)=CC1.[Cl-].[Cl-].[O]=[V]. The van der Waals surface area contributed by atoms with E-state index in [-0.39, 0.29) is 24.8 Å². The summed E-state index contributed by atoms with van der Waals surface area (Å²) < 4.78 is 8.19. The zero-order valence-corrected chi connectivity index (χ0v) is 11.5. The molecule has 1 aliphatic carbocycles. The van der Waals surface area contributed by atoms with Crippen LogP contribution < -0.4 is 24.8 Å². The Labute approximate surface area is 108 Å². The van der Waals surface area contributed by atoms with E-state index in [4.69, 9.17) is 3.67 Å². The Kier molecular flexibility index (Phi) is 19.1. The third-order valence-corrected chi connectivity index (χ3v) is 1.97. The van der Waals surface area contributed by atoms with Gasteiger partial charge in [-0.25, -0.2) is 0 Å². The van der Waals surface area contributed by atoms with E-state index < -0.39 is 0 Å². The van der Waals surface area contributed by atoms with E-state index >= 15 is 0 Å². The molecule has 0 atom stereocenters. The van der Waals surface area contributed by atoms with Crippen molar-refractivity contribution in [3.8, 4) is 0 Å². The number of hydrogen-bond donors (Lipinski definition) is 0. The van der Waals surface area contributed by atoms with Gasteiger partial charge >= 0.3 is 21.0 Å². The van der Waals surface area contributed by atoms with Crippen LogP contribution in [0.3, 0.4) is 0 Å². The third kappa shape index (κ3) is 9.02. The van der Waals surface area contributed by atoms with Crippen molar-refractivity contribution < 1.29 is 45.9 Å². The second-order valence-corrected chi connectivity index (χ2v) is 3.06. The van der Waals surface area contributed by atoms with Gasteiger partial charge in [0.05, 0.1) is 0 Å². The van der Waals surface area contributed by atoms with Crippen LogP contribution in [0.4, 0.5) is 0 Å². The first-order chi connectivity index (χ1) is 5.83. The molecule has 14 heavy (non-hydrogen) atoms. The number of rotatable bonds is 3. The fourth-order valence-corrected chi connectivity index (χ4v) is 1.31. The molecule has 0 bridgehead atoms. The Morgan fingerprint density at radius 3 is 2.29 bits per heavy atom. The molecule has 0 amide bonds. The molecule has 0 aliphatic heterocycles. The van der Waals surface area contributed by atoms with Gasteiger partial charge in [0.1, 0.15) is 0 Å². The van der Waals surface area contributed by atoms with Gasteiger partial charge in [-0.15, -0.1) is 0 Å². The molecule has 0 aromatic heterocycles. The minimum atomic E-state index is 0. The molecule has 0 aromatic carbocycles. The van der Waals surface area contributed by atoms with E-state index in [0.29, 0.717) is 0 Å². The minimum absolute atomic E-state index is 0. The summed E-state index contributed by atoms with van der Waals surface area (Å²) in [6.07, 6.45) is 9.83. The molecule has 1 nitrogen and oxygen atoms in total. The molecule has 0 N–H and O–H groups in total. The van der Waals surface area contributed by atoms with E-state index in [0.717, 1.165) is 17.4 Å². The summed E-state index contributed by atoms with van der Waals surface area (Å²) in [5, 5.41) is 0. The fourth-order valence-electron chi connectivity index (χ4n) is 1.31. The summed E-state index contributed by atoms with van der Waals surface area (Å²) in [6, 6.07) is 0. The Morgan fingerprint density at radius 1 is 1.36 bits per heavy atom. The first-order valence-electron chi connectivity index (χ1n) is 4.37. The Balaban J connectivity index is -0.000000284. The van der Waals surface area contributed by atoms with E-state index in [2.05, 4.69) is 26.0 Å². The van der Waals surface area contributed by atoms with Crippen molar-refractivity contribution in [2.45, 2.75) is 39.5 Å². The molecule has 0 saturated carbocycles. The predicted octanol–water partition coefficient (Wildman–Crippen LogP) is -2.66. The van der Waals surface area contributed by atoms with Crippen molar-refractivity contribution in [3.05, 3.63) is 23.3 Å². The van der Waals surface area contributed by atoms with Gasteiger partial charge in [-0.05, 0) is 26.2 Å². The van der Waals surface area contributed by atoms with E-state index in [9.17, 15) is 0 Å². The maximum atomic E-state index is 8.19. The third-order valence-electron chi connectivity index (χ3n) is 1.97. The Bertz CT molecular complexity index is 191. The topological polar surface area (TPSA) is 17.1 Å². The van der Waals surface area contributed by atoms with Crippen LogP contribution in [0.15, 0.2) is 23.3 Å². The predicted molar refractivity (Wildman–Crippen MR) is 46.7 cm³/mol. The second-order valence-electron chi connectivity index (χ2n) is 3.06. The van der Waals surface area contributed by atoms with Gasteiger partial charge in [-0.1, -0.05) is 36.6 Å². The van der Waals surface area contributed by atoms with Crippen LogP contribution in [0.5, 0.6) is 0 Å². The van der Waals surface area contributed by atoms with E-state index in [1.54, 1.807) is 5.57 Å². The van der Waals surface area contributed by atoms with Crippen molar-refractivity contribution >= 4 is 0 Å². The number of unbranched alkanes of at least 4 members (excludes halogenated alkanes) is 1. The van der Waals surface area contributed by atoms with E-state index in [1.807, 2.05) is 0 Å². The van der Waals surface area contributed by atoms with Crippen LogP contribution in [0.2, 0.25) is 0 Å². The van der Waals surface area contributed by atoms with Crippen LogP contribution in [-0.4, -0.2) is 0 Å². The van der Waals surface area contributed by atoms with Crippen LogP contribution >= 0.6 is 0 Å². The second kappa shape index (κ2) is 13.4. The van der Waals surface area contributed by atoms with Gasteiger partial charge in [0, 0.05) is 0 Å². The quantitative estimate of drug-likeness (QED) is 0.549. The van der Waals surface area contributed by atoms with Crippen molar-refractivity contribution in [2.24, 2.45) is 0 Å². The van der Waals surface area contributed by atoms with Gasteiger partial charge in [-0.2, -0.15) is 0 Å². The van der Waals surface area contributed by atoms with Crippen molar-refractivity contribution in [3.63, 3.8) is 0 Å². The molecular formula is C10H16Cl2OV-2. The molecule has 0 saturated heterocycles. The summed E-state index contributed by atoms with van der Waals surface area (Å²) in [6.45, 7) is 4.43. The standard InChI is InChI=1S/C10H16.2ClH.O.V/c1-3-4-5-10-7-6-9(2)8-10;;;;/h6,8H,3-5,7H2,1-2H3;2*1H;;/p-2. The fraction of sp³-hybridized carbons (Fsp3) is 0.600. The van der Waals surface area contributed by atoms with Crippen LogP contribution in [-0.2, 0) is 21.0 Å². The molecule has 83 valence electrons. The molecule has 1 rings (SSSR count). The van der Waals surface area contributed by atoms with E-state index in [1.165, 1.54) is 31.3 Å². The molecule has 0 radical (unpaired) electrons.